The van der Waals surface area contributed by atoms with Gasteiger partial charge in [0.1, 0.15) is 17.6 Å². The molecule has 0 aliphatic heterocycles. The summed E-state index contributed by atoms with van der Waals surface area (Å²) in [6, 6.07) is 17.9. The van der Waals surface area contributed by atoms with Crippen LogP contribution in [-0.4, -0.2) is 54.4 Å². The molecule has 2 N–H and O–H groups in total. The lowest BCUT2D eigenvalue weighted by Gasteiger charge is -2.23. The van der Waals surface area contributed by atoms with Crippen LogP contribution in [0.2, 0.25) is 0 Å². The summed E-state index contributed by atoms with van der Waals surface area (Å²) in [6.07, 6.45) is 1.79. The van der Waals surface area contributed by atoms with Gasteiger partial charge in [0.25, 0.3) is 0 Å². The maximum Gasteiger partial charge on any atom is 0.229 e. The Morgan fingerprint density at radius 2 is 1.81 bits per heavy atom. The number of aliphatic hydroxyl groups excluding tert-OH is 1. The van der Waals surface area contributed by atoms with Gasteiger partial charge in [-0.05, 0) is 53.1 Å². The summed E-state index contributed by atoms with van der Waals surface area (Å²) in [6.45, 7) is 4.44. The first kappa shape index (κ1) is 27.1. The zero-order valence-corrected chi connectivity index (χ0v) is 21.7. The summed E-state index contributed by atoms with van der Waals surface area (Å²) in [7, 11) is 1.48. The fourth-order valence-electron chi connectivity index (χ4n) is 3.89. The smallest absolute Gasteiger partial charge is 0.229 e. The lowest BCUT2D eigenvalue weighted by Crippen LogP contribution is -2.17. The number of rotatable bonds is 12. The van der Waals surface area contributed by atoms with E-state index in [4.69, 9.17) is 14.2 Å². The molecule has 3 aromatic rings. The predicted molar refractivity (Wildman–Crippen MR) is 143 cm³/mol. The Morgan fingerprint density at radius 1 is 1.08 bits per heavy atom. The zero-order chi connectivity index (χ0) is 26.3. The SMILES string of the molecule is C=CCN(C)c1cccc(C(O)c2cc(NS(C)(=O)=O)ccc2-c2c(OC)cccc2OCOC)c1. The van der Waals surface area contributed by atoms with Gasteiger partial charge < -0.3 is 24.2 Å². The molecule has 192 valence electrons. The molecule has 1 unspecified atom stereocenters. The molecule has 36 heavy (non-hydrogen) atoms. The number of aliphatic hydroxyl groups is 1. The fraction of sp³-hybridized carbons (Fsp3) is 0.259. The number of hydrogen-bond acceptors (Lipinski definition) is 7. The van der Waals surface area contributed by atoms with Crippen LogP contribution in [0.15, 0.2) is 73.3 Å². The van der Waals surface area contributed by atoms with Crippen molar-refractivity contribution in [1.29, 1.82) is 0 Å². The van der Waals surface area contributed by atoms with E-state index in [-0.39, 0.29) is 6.79 Å². The second-order valence-electron chi connectivity index (χ2n) is 8.23. The molecule has 0 spiro atoms. The summed E-state index contributed by atoms with van der Waals surface area (Å²) in [5.74, 6) is 1.02. The number of anilines is 2. The minimum Gasteiger partial charge on any atom is -0.496 e. The second-order valence-corrected chi connectivity index (χ2v) is 9.98. The van der Waals surface area contributed by atoms with E-state index in [9.17, 15) is 13.5 Å². The maximum atomic E-state index is 11.9. The molecular formula is C27H32N2O6S. The molecular weight excluding hydrogens is 480 g/mol. The Bertz CT molecular complexity index is 1310. The molecule has 0 saturated heterocycles. The van der Waals surface area contributed by atoms with E-state index in [1.54, 1.807) is 49.6 Å². The van der Waals surface area contributed by atoms with Gasteiger partial charge in [0.2, 0.25) is 10.0 Å². The van der Waals surface area contributed by atoms with Crippen LogP contribution in [0.5, 0.6) is 11.5 Å². The quantitative estimate of drug-likeness (QED) is 0.274. The fourth-order valence-corrected chi connectivity index (χ4v) is 4.45. The molecule has 0 aromatic heterocycles. The van der Waals surface area contributed by atoms with Crippen molar-refractivity contribution in [3.63, 3.8) is 0 Å². The molecule has 0 heterocycles. The van der Waals surface area contributed by atoms with Gasteiger partial charge >= 0.3 is 0 Å². The van der Waals surface area contributed by atoms with E-state index in [0.29, 0.717) is 46.0 Å². The Kier molecular flexibility index (Phi) is 8.98. The highest BCUT2D eigenvalue weighted by atomic mass is 32.2. The minimum atomic E-state index is -3.53. The van der Waals surface area contributed by atoms with Crippen LogP contribution in [0.3, 0.4) is 0 Å². The highest BCUT2D eigenvalue weighted by Crippen LogP contribution is 2.43. The number of likely N-dealkylation sites (N-methyl/N-ethyl adjacent to an activating group) is 1. The van der Waals surface area contributed by atoms with Crippen molar-refractivity contribution in [3.05, 3.63) is 84.4 Å². The third kappa shape index (κ3) is 6.57. The number of sulfonamides is 1. The number of nitrogens with one attached hydrogen (secondary N) is 1. The first-order chi connectivity index (χ1) is 17.2. The van der Waals surface area contributed by atoms with Crippen molar-refractivity contribution in [3.8, 4) is 22.6 Å². The topological polar surface area (TPSA) is 97.3 Å². The summed E-state index contributed by atoms with van der Waals surface area (Å²) < 4.78 is 42.8. The first-order valence-electron chi connectivity index (χ1n) is 11.2. The number of methoxy groups -OCH3 is 2. The van der Waals surface area contributed by atoms with Gasteiger partial charge in [-0.3, -0.25) is 4.72 Å². The molecule has 0 fully saturated rings. The highest BCUT2D eigenvalue weighted by Gasteiger charge is 2.23. The summed E-state index contributed by atoms with van der Waals surface area (Å²) in [5.41, 5.74) is 3.56. The molecule has 0 radical (unpaired) electrons. The van der Waals surface area contributed by atoms with Crippen LogP contribution < -0.4 is 19.1 Å². The third-order valence-corrected chi connectivity index (χ3v) is 6.10. The molecule has 8 nitrogen and oxygen atoms in total. The average molecular weight is 513 g/mol. The van der Waals surface area contributed by atoms with Crippen LogP contribution in [0.25, 0.3) is 11.1 Å². The predicted octanol–water partition coefficient (Wildman–Crippen LogP) is 4.42. The Balaban J connectivity index is 2.21. The van der Waals surface area contributed by atoms with Gasteiger partial charge in [0.15, 0.2) is 6.79 Å². The lowest BCUT2D eigenvalue weighted by molar-refractivity contribution is 0.0514. The van der Waals surface area contributed by atoms with Gasteiger partial charge in [-0.15, -0.1) is 6.58 Å². The molecule has 0 aliphatic rings. The largest absolute Gasteiger partial charge is 0.496 e. The van der Waals surface area contributed by atoms with E-state index < -0.39 is 16.1 Å². The number of benzene rings is 3. The molecule has 0 bridgehead atoms. The molecule has 1 atom stereocenters. The molecule has 0 saturated carbocycles. The van der Waals surface area contributed by atoms with Crippen molar-refractivity contribution >= 4 is 21.4 Å². The Labute approximate surface area is 212 Å². The third-order valence-electron chi connectivity index (χ3n) is 5.49. The van der Waals surface area contributed by atoms with Crippen LogP contribution in [0, 0.1) is 0 Å². The first-order valence-corrected chi connectivity index (χ1v) is 13.1. The molecule has 3 rings (SSSR count). The molecule has 9 heteroatoms. The minimum absolute atomic E-state index is 0.0173. The monoisotopic (exact) mass is 512 g/mol. The summed E-state index contributed by atoms with van der Waals surface area (Å²) in [4.78, 5) is 2.00. The molecule has 3 aromatic carbocycles. The van der Waals surface area contributed by atoms with Gasteiger partial charge in [-0.25, -0.2) is 8.42 Å². The van der Waals surface area contributed by atoms with E-state index >= 15 is 0 Å². The number of hydrogen-bond donors (Lipinski definition) is 2. The van der Waals surface area contributed by atoms with E-state index in [2.05, 4.69) is 11.3 Å². The second kappa shape index (κ2) is 11.9. The van der Waals surface area contributed by atoms with Gasteiger partial charge in [0, 0.05) is 32.1 Å². The normalized spacial score (nSPS) is 12.0. The van der Waals surface area contributed by atoms with E-state index in [1.165, 1.54) is 7.11 Å². The van der Waals surface area contributed by atoms with Gasteiger partial charge in [-0.2, -0.15) is 0 Å². The number of ether oxygens (including phenoxy) is 3. The summed E-state index contributed by atoms with van der Waals surface area (Å²) in [5, 5.41) is 11.6. The lowest BCUT2D eigenvalue weighted by atomic mass is 9.91. The van der Waals surface area contributed by atoms with Crippen LogP contribution in [0.1, 0.15) is 17.2 Å². The van der Waals surface area contributed by atoms with Crippen LogP contribution >= 0.6 is 0 Å². The van der Waals surface area contributed by atoms with Crippen LogP contribution in [0.4, 0.5) is 11.4 Å². The Morgan fingerprint density at radius 3 is 2.47 bits per heavy atom. The summed E-state index contributed by atoms with van der Waals surface area (Å²) >= 11 is 0. The highest BCUT2D eigenvalue weighted by molar-refractivity contribution is 7.92. The van der Waals surface area contributed by atoms with Crippen molar-refractivity contribution in [2.45, 2.75) is 6.10 Å². The van der Waals surface area contributed by atoms with E-state index in [0.717, 1.165) is 11.9 Å². The standard InChI is InChI=1S/C27H32N2O6S/c1-6-15-29(2)21-10-7-9-19(16-21)27(30)23-17-20(28-36(5,31)32)13-14-22(23)26-24(34-4)11-8-12-25(26)35-18-33-3/h6-14,16-17,27-28,30H,1,15,18H2,2-5H3. The van der Waals surface area contributed by atoms with Crippen molar-refractivity contribution in [1.82, 2.24) is 0 Å². The molecule has 0 amide bonds. The average Bonchev–Trinajstić information content (AvgIpc) is 2.86. The van der Waals surface area contributed by atoms with E-state index in [1.807, 2.05) is 36.2 Å². The van der Waals surface area contributed by atoms with Crippen molar-refractivity contribution in [2.24, 2.45) is 0 Å². The van der Waals surface area contributed by atoms with Crippen molar-refractivity contribution < 1.29 is 27.7 Å². The van der Waals surface area contributed by atoms with Crippen molar-refractivity contribution in [2.75, 3.05) is 50.5 Å². The van der Waals surface area contributed by atoms with Crippen LogP contribution in [-0.2, 0) is 14.8 Å². The molecule has 0 aliphatic carbocycles. The Hall–Kier alpha value is -3.53. The zero-order valence-electron chi connectivity index (χ0n) is 20.9. The number of nitrogens with zero attached hydrogens (tertiary/aromatic N) is 1. The van der Waals surface area contributed by atoms with Gasteiger partial charge in [0.05, 0.1) is 18.9 Å². The van der Waals surface area contributed by atoms with Gasteiger partial charge in [-0.1, -0.05) is 30.3 Å². The maximum absolute atomic E-state index is 11.9.